The van der Waals surface area contributed by atoms with Gasteiger partial charge < -0.3 is 19.9 Å². The van der Waals surface area contributed by atoms with Crippen LogP contribution in [0.3, 0.4) is 0 Å². The number of hydrogen-bond donors (Lipinski definition) is 5. The van der Waals surface area contributed by atoms with Crippen molar-refractivity contribution in [1.82, 2.24) is 5.32 Å². The Kier molecular flexibility index (Phi) is 11.8. The van der Waals surface area contributed by atoms with Crippen LogP contribution in [0.2, 0.25) is 0 Å². The minimum atomic E-state index is -10.1. The van der Waals surface area contributed by atoms with Gasteiger partial charge in [-0.15, -0.1) is 0 Å². The van der Waals surface area contributed by atoms with Crippen molar-refractivity contribution >= 4 is 28.7 Å². The van der Waals surface area contributed by atoms with Gasteiger partial charge in [0, 0.05) is 5.56 Å². The highest BCUT2D eigenvalue weighted by molar-refractivity contribution is 8.45. The van der Waals surface area contributed by atoms with Crippen molar-refractivity contribution in [2.24, 2.45) is 5.90 Å². The lowest BCUT2D eigenvalue weighted by Crippen LogP contribution is -2.42. The molecule has 1 atom stereocenters. The summed E-state index contributed by atoms with van der Waals surface area (Å²) in [6, 6.07) is -0.115. The highest BCUT2D eigenvalue weighted by Crippen LogP contribution is 3.02. The van der Waals surface area contributed by atoms with E-state index < -0.39 is 62.6 Å². The van der Waals surface area contributed by atoms with E-state index in [-0.39, 0.29) is 18.6 Å². The number of carbonyl (C=O) groups excluding carboxylic acids is 1. The van der Waals surface area contributed by atoms with Gasteiger partial charge in [0.15, 0.2) is 0 Å². The van der Waals surface area contributed by atoms with Gasteiger partial charge in [0.1, 0.15) is 10.6 Å². The molecule has 0 saturated carbocycles. The Labute approximate surface area is 204 Å². The van der Waals surface area contributed by atoms with Crippen molar-refractivity contribution in [3.8, 4) is 5.75 Å². The molecule has 0 aliphatic carbocycles. The van der Waals surface area contributed by atoms with E-state index in [1.54, 1.807) is 0 Å². The van der Waals surface area contributed by atoms with Gasteiger partial charge >= 0.3 is 22.4 Å². The summed E-state index contributed by atoms with van der Waals surface area (Å²) >= 11 is 0. The number of carboxylic acid groups (broad SMARTS) is 1. The van der Waals surface area contributed by atoms with Gasteiger partial charge in [-0.1, -0.05) is 19.4 Å². The second kappa shape index (κ2) is 12.7. The molecule has 1 unspecified atom stereocenters. The molecule has 0 aromatic heterocycles. The molecule has 2 heterocycles. The molecule has 1 saturated heterocycles. The maximum atomic E-state index is 13.2. The lowest BCUT2D eigenvalue weighted by Gasteiger charge is -2.41. The molecule has 1 aromatic carbocycles. The van der Waals surface area contributed by atoms with Crippen molar-refractivity contribution in [2.75, 3.05) is 19.9 Å². The van der Waals surface area contributed by atoms with Crippen molar-refractivity contribution in [3.05, 3.63) is 28.8 Å². The Hall–Kier alpha value is -2.71. The first kappa shape index (κ1) is 34.3. The predicted octanol–water partition coefficient (Wildman–Crippen LogP) is 3.44. The summed E-state index contributed by atoms with van der Waals surface area (Å²) in [7, 11) is -10.1. The third kappa shape index (κ3) is 11.1. The highest BCUT2D eigenvalue weighted by atomic mass is 32.5. The molecule has 0 bridgehead atoms. The highest BCUT2D eigenvalue weighted by Gasteiger charge is 2.65. The molecular weight excluding hydrogens is 554 g/mol. The quantitative estimate of drug-likeness (QED) is 0.118. The number of aryl methyl sites for hydroxylation is 1. The fourth-order valence-electron chi connectivity index (χ4n) is 2.89. The molecule has 1 aromatic rings. The maximum Gasteiger partial charge on any atom is 0.430 e. The number of nitrogens with one attached hydrogen (secondary N) is 1. The fraction of sp³-hybridized carbons (Fsp3) is 0.444. The van der Waals surface area contributed by atoms with E-state index in [0.29, 0.717) is 6.08 Å². The summed E-state index contributed by atoms with van der Waals surface area (Å²) < 4.78 is 113. The van der Waals surface area contributed by atoms with Crippen molar-refractivity contribution in [1.29, 1.82) is 0 Å². The first-order chi connectivity index (χ1) is 16.8. The molecule has 8 N–H and O–H groups in total. The number of quaternary nitrogens is 1. The zero-order valence-corrected chi connectivity index (χ0v) is 19.9. The van der Waals surface area contributed by atoms with Crippen LogP contribution in [0.4, 0.5) is 32.6 Å². The molecule has 19 heteroatoms. The maximum absolute atomic E-state index is 13.2. The van der Waals surface area contributed by atoms with Crippen LogP contribution < -0.4 is 21.8 Å². The monoisotopic (exact) mass is 580 g/mol. The van der Waals surface area contributed by atoms with E-state index in [2.05, 4.69) is 31.4 Å². The molecule has 10 nitrogen and oxygen atoms in total. The zero-order valence-electron chi connectivity index (χ0n) is 19.1. The minimum absolute atomic E-state index is 0.0206. The Bertz CT molecular complexity index is 948. The lowest BCUT2D eigenvalue weighted by molar-refractivity contribution is -0.670. The van der Waals surface area contributed by atoms with Crippen LogP contribution >= 0.6 is 10.2 Å². The summed E-state index contributed by atoms with van der Waals surface area (Å²) in [6.07, 6.45) is -4.92. The van der Waals surface area contributed by atoms with Crippen molar-refractivity contribution in [2.45, 2.75) is 36.9 Å². The number of rotatable bonds is 4. The second-order valence-corrected chi connectivity index (χ2v) is 9.45. The van der Waals surface area contributed by atoms with Crippen LogP contribution in [0.1, 0.15) is 24.0 Å². The van der Waals surface area contributed by atoms with Gasteiger partial charge in [-0.25, -0.2) is 21.8 Å². The molecular formula is C18H26F8N3O7S+. The zero-order chi connectivity index (χ0) is 29.1. The topological polar surface area (TPSA) is 168 Å². The van der Waals surface area contributed by atoms with Gasteiger partial charge in [-0.2, -0.15) is 13.2 Å². The number of benzene rings is 1. The van der Waals surface area contributed by atoms with Crippen LogP contribution in [0.25, 0.3) is 6.08 Å². The van der Waals surface area contributed by atoms with E-state index in [9.17, 15) is 37.4 Å². The molecule has 2 aliphatic rings. The SMILES string of the molecule is C1CCNC1.Cc1cc(S(F)(F)(F)(F)F)cc2c1OC(C(F)(F)F)C(C(=O)OCON)=C2.O=CO.[NH3+]O. The Balaban J connectivity index is 0.00000110. The van der Waals surface area contributed by atoms with E-state index in [1.165, 1.54) is 25.9 Å². The molecule has 1 fully saturated rings. The number of ether oxygens (including phenoxy) is 2. The lowest BCUT2D eigenvalue weighted by atomic mass is 9.99. The number of alkyl halides is 3. The van der Waals surface area contributed by atoms with Crippen LogP contribution in [0.5, 0.6) is 5.75 Å². The van der Waals surface area contributed by atoms with Gasteiger partial charge in [-0.3, -0.25) is 9.63 Å². The number of hydrogen-bond acceptors (Lipinski definition) is 8. The molecule has 216 valence electrons. The average Bonchev–Trinajstić information content (AvgIpc) is 3.36. The number of fused-ring (bicyclic) bond motifs is 1. The molecule has 3 rings (SSSR count). The molecule has 0 radical (unpaired) electrons. The summed E-state index contributed by atoms with van der Waals surface area (Å²) in [6.45, 7) is 2.15. The number of carbonyl (C=O) groups is 2. The third-order valence-electron chi connectivity index (χ3n) is 4.30. The molecule has 2 aliphatic heterocycles. The summed E-state index contributed by atoms with van der Waals surface area (Å²) in [4.78, 5) is 21.6. The number of nitrogens with two attached hydrogens (primary N) is 1. The summed E-state index contributed by atoms with van der Waals surface area (Å²) in [5.74, 6) is 4.43. The predicted molar refractivity (Wildman–Crippen MR) is 113 cm³/mol. The van der Waals surface area contributed by atoms with Gasteiger partial charge in [0.2, 0.25) is 12.9 Å². The van der Waals surface area contributed by atoms with E-state index >= 15 is 0 Å². The number of esters is 1. The second-order valence-electron chi connectivity index (χ2n) is 7.05. The molecule has 0 amide bonds. The average molecular weight is 580 g/mol. The standard InChI is InChI=1S/C13H11F8NO4S.C4H9N.CH2O2.H4NO/c1-6-2-8(27(17,18,19,20)21)3-7-4-9(12(23)24-5-25-22)11(13(14,15)16)26-10(6)7;1-2-4-5-3-1;2-1-3;1-2/h2-4,11H,5,22H2,1H3;5H,1-4H2;1H,(H,2,3);2H,1H3/q;;;+1. The van der Waals surface area contributed by atoms with Crippen LogP contribution in [-0.2, 0) is 19.2 Å². The van der Waals surface area contributed by atoms with E-state index in [1.807, 2.05) is 0 Å². The van der Waals surface area contributed by atoms with E-state index in [0.717, 1.165) is 6.92 Å². The van der Waals surface area contributed by atoms with Crippen molar-refractivity contribution in [3.63, 3.8) is 0 Å². The Morgan fingerprint density at radius 1 is 1.22 bits per heavy atom. The number of halogens is 8. The third-order valence-corrected chi connectivity index (χ3v) is 5.43. The van der Waals surface area contributed by atoms with Crippen LogP contribution in [-0.4, -0.2) is 54.9 Å². The first-order valence-electron chi connectivity index (χ1n) is 9.78. The van der Waals surface area contributed by atoms with Gasteiger partial charge in [0.25, 0.3) is 6.47 Å². The Morgan fingerprint density at radius 3 is 2.11 bits per heavy atom. The summed E-state index contributed by atoms with van der Waals surface area (Å²) in [5, 5.41) is 16.9. The van der Waals surface area contributed by atoms with Crippen LogP contribution in [0, 0.1) is 6.92 Å². The molecule has 37 heavy (non-hydrogen) atoms. The van der Waals surface area contributed by atoms with Crippen LogP contribution in [0.15, 0.2) is 22.6 Å². The van der Waals surface area contributed by atoms with E-state index in [4.69, 9.17) is 15.1 Å². The molecule has 0 spiro atoms. The van der Waals surface area contributed by atoms with Gasteiger partial charge in [-0.05, 0) is 56.6 Å². The van der Waals surface area contributed by atoms with Crippen molar-refractivity contribution < 1.29 is 72.7 Å². The normalized spacial score (nSPS) is 18.3. The summed E-state index contributed by atoms with van der Waals surface area (Å²) in [5.41, 5.74) is -2.68. The van der Waals surface area contributed by atoms with Gasteiger partial charge in [0.05, 0.1) is 5.57 Å². The largest absolute Gasteiger partial charge is 0.483 e. The fourth-order valence-corrected chi connectivity index (χ4v) is 3.64. The first-order valence-corrected chi connectivity index (χ1v) is 11.7. The minimum Gasteiger partial charge on any atom is -0.483 e. The Morgan fingerprint density at radius 2 is 1.73 bits per heavy atom. The smallest absolute Gasteiger partial charge is 0.430 e.